The summed E-state index contributed by atoms with van der Waals surface area (Å²) in [7, 11) is 0. The summed E-state index contributed by atoms with van der Waals surface area (Å²) in [5.74, 6) is 0. The summed E-state index contributed by atoms with van der Waals surface area (Å²) in [5, 5.41) is 3.44. The minimum atomic E-state index is 0.539. The lowest BCUT2D eigenvalue weighted by atomic mass is 10.0. The van der Waals surface area contributed by atoms with Crippen molar-refractivity contribution in [2.24, 2.45) is 0 Å². The van der Waals surface area contributed by atoms with Crippen LogP contribution in [0.4, 0.5) is 0 Å². The number of benzene rings is 2. The molecule has 18 heavy (non-hydrogen) atoms. The van der Waals surface area contributed by atoms with E-state index in [2.05, 4.69) is 73.8 Å². The summed E-state index contributed by atoms with van der Waals surface area (Å²) in [6.45, 7) is 5.41. The average Bonchev–Trinajstić information content (AvgIpc) is 2.41. The molecule has 2 rings (SSSR count). The lowest BCUT2D eigenvalue weighted by Crippen LogP contribution is -2.27. The van der Waals surface area contributed by atoms with Crippen molar-refractivity contribution in [1.82, 2.24) is 5.32 Å². The Morgan fingerprint density at radius 3 is 2.11 bits per heavy atom. The highest BCUT2D eigenvalue weighted by Crippen LogP contribution is 2.19. The van der Waals surface area contributed by atoms with E-state index in [1.165, 1.54) is 16.7 Å². The predicted molar refractivity (Wildman–Crippen MR) is 78.7 cm³/mol. The average molecular weight is 239 g/mol. The lowest BCUT2D eigenvalue weighted by molar-refractivity contribution is 0.565. The van der Waals surface area contributed by atoms with Gasteiger partial charge >= 0.3 is 0 Å². The van der Waals surface area contributed by atoms with Gasteiger partial charge in [0.2, 0.25) is 0 Å². The molecule has 0 amide bonds. The Morgan fingerprint density at radius 1 is 0.889 bits per heavy atom. The molecule has 0 saturated carbocycles. The van der Waals surface area contributed by atoms with Crippen molar-refractivity contribution in [2.75, 3.05) is 6.54 Å². The first-order valence-electron chi connectivity index (χ1n) is 6.67. The minimum Gasteiger partial charge on any atom is -0.314 e. The lowest BCUT2D eigenvalue weighted by Gasteiger charge is -2.12. The van der Waals surface area contributed by atoms with Gasteiger partial charge in [-0.05, 0) is 36.6 Å². The summed E-state index contributed by atoms with van der Waals surface area (Å²) in [4.78, 5) is 0. The molecular weight excluding hydrogens is 218 g/mol. The van der Waals surface area contributed by atoms with Gasteiger partial charge in [-0.1, -0.05) is 61.5 Å². The van der Waals surface area contributed by atoms with E-state index in [4.69, 9.17) is 0 Å². The van der Waals surface area contributed by atoms with Gasteiger partial charge in [-0.3, -0.25) is 0 Å². The van der Waals surface area contributed by atoms with Crippen molar-refractivity contribution in [3.63, 3.8) is 0 Å². The molecule has 0 saturated heterocycles. The Bertz CT molecular complexity index is 459. The van der Waals surface area contributed by atoms with Gasteiger partial charge in [-0.25, -0.2) is 0 Å². The Kier molecular flexibility index (Phi) is 4.54. The van der Waals surface area contributed by atoms with Gasteiger partial charge in [0.05, 0.1) is 0 Å². The van der Waals surface area contributed by atoms with Crippen molar-refractivity contribution in [3.8, 4) is 11.1 Å². The van der Waals surface area contributed by atoms with Gasteiger partial charge in [0.25, 0.3) is 0 Å². The first kappa shape index (κ1) is 12.8. The number of nitrogens with one attached hydrogen (secondary N) is 1. The molecule has 0 aliphatic heterocycles. The van der Waals surface area contributed by atoms with Crippen LogP contribution in [0.5, 0.6) is 0 Å². The zero-order valence-corrected chi connectivity index (χ0v) is 11.2. The molecule has 1 nitrogen and oxygen atoms in total. The van der Waals surface area contributed by atoms with E-state index >= 15 is 0 Å². The first-order chi connectivity index (χ1) is 8.79. The maximum absolute atomic E-state index is 3.44. The molecule has 0 radical (unpaired) electrons. The molecule has 0 spiro atoms. The second kappa shape index (κ2) is 6.36. The third kappa shape index (κ3) is 3.44. The molecule has 0 bridgehead atoms. The highest BCUT2D eigenvalue weighted by molar-refractivity contribution is 5.63. The molecule has 2 aromatic rings. The monoisotopic (exact) mass is 239 g/mol. The fourth-order valence-corrected chi connectivity index (χ4v) is 2.24. The van der Waals surface area contributed by atoms with E-state index in [9.17, 15) is 0 Å². The quantitative estimate of drug-likeness (QED) is 0.834. The van der Waals surface area contributed by atoms with Crippen LogP contribution in [-0.2, 0) is 6.42 Å². The van der Waals surface area contributed by atoms with E-state index in [-0.39, 0.29) is 0 Å². The van der Waals surface area contributed by atoms with Gasteiger partial charge in [0.1, 0.15) is 0 Å². The smallest absolute Gasteiger partial charge is 0.00790 e. The molecule has 1 unspecified atom stereocenters. The Hall–Kier alpha value is -1.60. The SMILES string of the molecule is CCNC(C)Cc1ccc(-c2ccccc2)cc1. The standard InChI is InChI=1S/C17H21N/c1-3-18-14(2)13-15-9-11-17(12-10-15)16-7-5-4-6-8-16/h4-12,14,18H,3,13H2,1-2H3. The Labute approximate surface area is 110 Å². The minimum absolute atomic E-state index is 0.539. The molecule has 94 valence electrons. The summed E-state index contributed by atoms with van der Waals surface area (Å²) in [5.41, 5.74) is 3.96. The van der Waals surface area contributed by atoms with E-state index in [0.29, 0.717) is 6.04 Å². The van der Waals surface area contributed by atoms with Gasteiger partial charge in [0.15, 0.2) is 0 Å². The Balaban J connectivity index is 2.06. The van der Waals surface area contributed by atoms with Crippen LogP contribution in [-0.4, -0.2) is 12.6 Å². The fraction of sp³-hybridized carbons (Fsp3) is 0.294. The predicted octanol–water partition coefficient (Wildman–Crippen LogP) is 3.89. The van der Waals surface area contributed by atoms with Crippen LogP contribution in [0, 0.1) is 0 Å². The van der Waals surface area contributed by atoms with Crippen LogP contribution in [0.2, 0.25) is 0 Å². The van der Waals surface area contributed by atoms with Crippen LogP contribution in [0.1, 0.15) is 19.4 Å². The molecule has 0 aliphatic carbocycles. The molecule has 0 aliphatic rings. The van der Waals surface area contributed by atoms with Crippen molar-refractivity contribution < 1.29 is 0 Å². The second-order valence-corrected chi connectivity index (χ2v) is 4.73. The maximum atomic E-state index is 3.44. The van der Waals surface area contributed by atoms with Crippen molar-refractivity contribution in [1.29, 1.82) is 0 Å². The van der Waals surface area contributed by atoms with E-state index in [0.717, 1.165) is 13.0 Å². The topological polar surface area (TPSA) is 12.0 Å². The van der Waals surface area contributed by atoms with E-state index in [1.54, 1.807) is 0 Å². The first-order valence-corrected chi connectivity index (χ1v) is 6.67. The molecule has 2 aromatic carbocycles. The van der Waals surface area contributed by atoms with Gasteiger partial charge in [-0.2, -0.15) is 0 Å². The largest absolute Gasteiger partial charge is 0.314 e. The number of likely N-dealkylation sites (N-methyl/N-ethyl adjacent to an activating group) is 1. The van der Waals surface area contributed by atoms with Crippen molar-refractivity contribution in [3.05, 3.63) is 60.2 Å². The third-order valence-electron chi connectivity index (χ3n) is 3.16. The highest BCUT2D eigenvalue weighted by atomic mass is 14.9. The van der Waals surface area contributed by atoms with Gasteiger partial charge in [0, 0.05) is 6.04 Å². The maximum Gasteiger partial charge on any atom is 0.00790 e. The van der Waals surface area contributed by atoms with E-state index < -0.39 is 0 Å². The number of hydrogen-bond donors (Lipinski definition) is 1. The van der Waals surface area contributed by atoms with Crippen LogP contribution < -0.4 is 5.32 Å². The summed E-state index contributed by atoms with van der Waals surface area (Å²) in [6.07, 6.45) is 1.09. The second-order valence-electron chi connectivity index (χ2n) is 4.73. The highest BCUT2D eigenvalue weighted by Gasteiger charge is 2.02. The summed E-state index contributed by atoms with van der Waals surface area (Å²) >= 11 is 0. The zero-order chi connectivity index (χ0) is 12.8. The summed E-state index contributed by atoms with van der Waals surface area (Å²) in [6, 6.07) is 19.9. The zero-order valence-electron chi connectivity index (χ0n) is 11.2. The molecule has 1 heteroatoms. The van der Waals surface area contributed by atoms with Crippen LogP contribution >= 0.6 is 0 Å². The number of rotatable bonds is 5. The van der Waals surface area contributed by atoms with Crippen molar-refractivity contribution >= 4 is 0 Å². The molecule has 1 atom stereocenters. The van der Waals surface area contributed by atoms with Crippen molar-refractivity contribution in [2.45, 2.75) is 26.3 Å². The molecular formula is C17H21N. The summed E-state index contributed by atoms with van der Waals surface area (Å²) < 4.78 is 0. The number of hydrogen-bond acceptors (Lipinski definition) is 1. The molecule has 0 heterocycles. The van der Waals surface area contributed by atoms with Gasteiger partial charge in [-0.15, -0.1) is 0 Å². The Morgan fingerprint density at radius 2 is 1.50 bits per heavy atom. The molecule has 0 aromatic heterocycles. The fourth-order valence-electron chi connectivity index (χ4n) is 2.24. The van der Waals surface area contributed by atoms with Gasteiger partial charge < -0.3 is 5.32 Å². The normalized spacial score (nSPS) is 12.3. The third-order valence-corrected chi connectivity index (χ3v) is 3.16. The van der Waals surface area contributed by atoms with Crippen LogP contribution in [0.25, 0.3) is 11.1 Å². The van der Waals surface area contributed by atoms with E-state index in [1.807, 2.05) is 0 Å². The van der Waals surface area contributed by atoms with Crippen LogP contribution in [0.15, 0.2) is 54.6 Å². The van der Waals surface area contributed by atoms with Crippen LogP contribution in [0.3, 0.4) is 0 Å². The molecule has 0 fully saturated rings. The molecule has 1 N–H and O–H groups in total.